The number of fused-ring (bicyclic) bond motifs is 2. The summed E-state index contributed by atoms with van der Waals surface area (Å²) in [7, 11) is 0. The number of aromatic amines is 1. The first-order valence-corrected chi connectivity index (χ1v) is 10.7. The van der Waals surface area contributed by atoms with Crippen LogP contribution in [0.3, 0.4) is 0 Å². The fourth-order valence-corrected chi connectivity index (χ4v) is 4.14. The van der Waals surface area contributed by atoms with Crippen molar-refractivity contribution in [3.8, 4) is 17.2 Å². The minimum atomic E-state index is -0.798. The summed E-state index contributed by atoms with van der Waals surface area (Å²) in [6.45, 7) is 2.87. The van der Waals surface area contributed by atoms with E-state index in [1.165, 1.54) is 0 Å². The van der Waals surface area contributed by atoms with E-state index in [1.54, 1.807) is 6.07 Å². The average Bonchev–Trinajstić information content (AvgIpc) is 3.16. The predicted molar refractivity (Wildman–Crippen MR) is 124 cm³/mol. The van der Waals surface area contributed by atoms with Crippen molar-refractivity contribution >= 4 is 32.6 Å². The fraction of sp³-hybridized carbons (Fsp3) is 0.364. The molecule has 0 spiro atoms. The molecule has 0 radical (unpaired) electrons. The van der Waals surface area contributed by atoms with Crippen LogP contribution < -0.4 is 21.4 Å². The number of aromatic nitrogens is 2. The number of hydrogen-bond donors (Lipinski definition) is 8. The Morgan fingerprint density at radius 2 is 1.61 bits per heavy atom. The Labute approximate surface area is 187 Å². The average molecular weight is 457 g/mol. The first kappa shape index (κ1) is 22.8. The summed E-state index contributed by atoms with van der Waals surface area (Å²) in [5.74, 6) is -1.33. The molecule has 4 aromatic rings. The van der Waals surface area contributed by atoms with Crippen LogP contribution in [0.25, 0.3) is 32.6 Å². The molecule has 33 heavy (non-hydrogen) atoms. The predicted octanol–water partition coefficient (Wildman–Crippen LogP) is -0.745. The normalized spacial score (nSPS) is 12.6. The SMILES string of the molecule is O=c1cc(O)c2c(c1O)c(O)c1c(=NCCNCCO)ccc3c1c2[nH]n3CCNCCO. The number of phenolic OH excluding ortho intramolecular Hbond substituents is 3. The van der Waals surface area contributed by atoms with Gasteiger partial charge in [0.1, 0.15) is 11.5 Å². The number of aliphatic hydroxyl groups excluding tert-OH is 2. The zero-order valence-electron chi connectivity index (χ0n) is 17.9. The summed E-state index contributed by atoms with van der Waals surface area (Å²) in [5, 5.41) is 60.8. The third-order valence-electron chi connectivity index (χ3n) is 5.58. The lowest BCUT2D eigenvalue weighted by Crippen LogP contribution is -2.23. The lowest BCUT2D eigenvalue weighted by Gasteiger charge is -2.10. The van der Waals surface area contributed by atoms with Gasteiger partial charge in [0.2, 0.25) is 5.43 Å². The molecule has 0 unspecified atom stereocenters. The van der Waals surface area contributed by atoms with Gasteiger partial charge >= 0.3 is 0 Å². The molecule has 8 N–H and O–H groups in total. The van der Waals surface area contributed by atoms with Crippen LogP contribution in [-0.4, -0.2) is 81.3 Å². The third kappa shape index (κ3) is 4.07. The van der Waals surface area contributed by atoms with E-state index in [0.717, 1.165) is 11.6 Å². The standard InChI is InChI=1S/C22H27N5O6/c28-9-6-23-3-4-25-12-1-2-13-17-16(12)22(33)19-18(14(30)11-15(31)21(19)32)20(17)26-27(13)8-5-24-7-10-29/h1-2,11,23-24,26,28-30,32-33H,3-10H2. The van der Waals surface area contributed by atoms with E-state index >= 15 is 0 Å². The molecule has 4 rings (SSSR count). The van der Waals surface area contributed by atoms with Gasteiger partial charge in [-0.2, -0.15) is 0 Å². The van der Waals surface area contributed by atoms with Gasteiger partial charge in [-0.05, 0) is 12.1 Å². The van der Waals surface area contributed by atoms with Crippen molar-refractivity contribution in [2.24, 2.45) is 4.99 Å². The van der Waals surface area contributed by atoms with Gasteiger partial charge in [-0.15, -0.1) is 0 Å². The van der Waals surface area contributed by atoms with E-state index in [9.17, 15) is 20.1 Å². The van der Waals surface area contributed by atoms with Crippen molar-refractivity contribution in [2.45, 2.75) is 6.54 Å². The van der Waals surface area contributed by atoms with Gasteiger partial charge in [0.15, 0.2) is 5.75 Å². The van der Waals surface area contributed by atoms with Crippen LogP contribution in [0.15, 0.2) is 28.0 Å². The van der Waals surface area contributed by atoms with Gasteiger partial charge in [-0.25, -0.2) is 0 Å². The van der Waals surface area contributed by atoms with Gasteiger partial charge in [0, 0.05) is 37.6 Å². The zero-order valence-corrected chi connectivity index (χ0v) is 17.9. The van der Waals surface area contributed by atoms with Crippen molar-refractivity contribution in [1.82, 2.24) is 20.4 Å². The molecule has 0 amide bonds. The van der Waals surface area contributed by atoms with Crippen molar-refractivity contribution in [1.29, 1.82) is 0 Å². The molecule has 11 heteroatoms. The Bertz CT molecular complexity index is 1410. The van der Waals surface area contributed by atoms with Crippen molar-refractivity contribution in [3.63, 3.8) is 0 Å². The molecule has 0 aliphatic heterocycles. The van der Waals surface area contributed by atoms with Crippen LogP contribution >= 0.6 is 0 Å². The molecular weight excluding hydrogens is 430 g/mol. The first-order chi connectivity index (χ1) is 16.0. The zero-order chi connectivity index (χ0) is 23.5. The first-order valence-electron chi connectivity index (χ1n) is 10.7. The molecule has 0 saturated heterocycles. The second-order valence-corrected chi connectivity index (χ2v) is 7.66. The Balaban J connectivity index is 1.98. The number of nitrogens with zero attached hydrogens (tertiary/aromatic N) is 2. The van der Waals surface area contributed by atoms with Crippen LogP contribution in [0.5, 0.6) is 17.2 Å². The van der Waals surface area contributed by atoms with E-state index < -0.39 is 11.2 Å². The highest BCUT2D eigenvalue weighted by Gasteiger charge is 2.23. The Morgan fingerprint density at radius 3 is 2.33 bits per heavy atom. The largest absolute Gasteiger partial charge is 0.507 e. The van der Waals surface area contributed by atoms with Crippen molar-refractivity contribution < 1.29 is 25.5 Å². The minimum Gasteiger partial charge on any atom is -0.507 e. The summed E-state index contributed by atoms with van der Waals surface area (Å²) in [5.41, 5.74) is 0.399. The molecular formula is C22H27N5O6. The molecule has 0 bridgehead atoms. The molecule has 0 fully saturated rings. The van der Waals surface area contributed by atoms with E-state index in [4.69, 9.17) is 10.2 Å². The second kappa shape index (κ2) is 9.63. The topological polar surface area (TPSA) is 175 Å². The lowest BCUT2D eigenvalue weighted by molar-refractivity contribution is 0.291. The maximum Gasteiger partial charge on any atom is 0.224 e. The Morgan fingerprint density at radius 1 is 0.879 bits per heavy atom. The van der Waals surface area contributed by atoms with Crippen LogP contribution in [0.1, 0.15) is 0 Å². The van der Waals surface area contributed by atoms with Crippen molar-refractivity contribution in [2.75, 3.05) is 45.9 Å². The third-order valence-corrected chi connectivity index (χ3v) is 5.58. The summed E-state index contributed by atoms with van der Waals surface area (Å²) < 4.78 is 1.83. The van der Waals surface area contributed by atoms with Gasteiger partial charge in [0.05, 0.1) is 58.9 Å². The van der Waals surface area contributed by atoms with Crippen LogP contribution in [0.4, 0.5) is 0 Å². The van der Waals surface area contributed by atoms with Crippen molar-refractivity contribution in [3.05, 3.63) is 33.8 Å². The molecule has 3 aromatic carbocycles. The Hall–Kier alpha value is -3.38. The highest BCUT2D eigenvalue weighted by molar-refractivity contribution is 6.25. The molecule has 0 saturated carbocycles. The summed E-state index contributed by atoms with van der Waals surface area (Å²) in [6, 6.07) is 4.52. The van der Waals surface area contributed by atoms with Crippen LogP contribution in [0, 0.1) is 0 Å². The lowest BCUT2D eigenvalue weighted by atomic mass is 9.98. The van der Waals surface area contributed by atoms with E-state index in [1.807, 2.05) is 10.7 Å². The van der Waals surface area contributed by atoms with Crippen LogP contribution in [0.2, 0.25) is 0 Å². The smallest absolute Gasteiger partial charge is 0.224 e. The Kier molecular flexibility index (Phi) is 6.65. The quantitative estimate of drug-likeness (QED) is 0.0872. The highest BCUT2D eigenvalue weighted by Crippen LogP contribution is 2.44. The number of nitrogens with one attached hydrogen (secondary N) is 3. The van der Waals surface area contributed by atoms with E-state index in [-0.39, 0.29) is 35.5 Å². The molecule has 1 heterocycles. The van der Waals surface area contributed by atoms with Gasteiger partial charge in [-0.3, -0.25) is 19.6 Å². The fourth-order valence-electron chi connectivity index (χ4n) is 4.14. The highest BCUT2D eigenvalue weighted by atomic mass is 16.3. The van der Waals surface area contributed by atoms with E-state index in [2.05, 4.69) is 20.7 Å². The molecule has 0 aliphatic carbocycles. The summed E-state index contributed by atoms with van der Waals surface area (Å²) >= 11 is 0. The molecule has 0 atom stereocenters. The molecule has 0 aliphatic rings. The van der Waals surface area contributed by atoms with Gasteiger partial charge < -0.3 is 36.2 Å². The van der Waals surface area contributed by atoms with Crippen LogP contribution in [-0.2, 0) is 6.54 Å². The summed E-state index contributed by atoms with van der Waals surface area (Å²) in [4.78, 5) is 16.7. The van der Waals surface area contributed by atoms with E-state index in [0.29, 0.717) is 60.9 Å². The number of benzene rings is 3. The number of rotatable bonds is 10. The van der Waals surface area contributed by atoms with Gasteiger partial charge in [-0.1, -0.05) is 0 Å². The molecule has 11 nitrogen and oxygen atoms in total. The maximum atomic E-state index is 12.1. The monoisotopic (exact) mass is 457 g/mol. The number of H-pyrrole nitrogens is 1. The summed E-state index contributed by atoms with van der Waals surface area (Å²) in [6.07, 6.45) is 0. The molecule has 176 valence electrons. The molecule has 1 aromatic heterocycles. The second-order valence-electron chi connectivity index (χ2n) is 7.66. The maximum absolute atomic E-state index is 12.1. The number of aromatic hydroxyl groups is 3. The number of phenols is 3. The van der Waals surface area contributed by atoms with Gasteiger partial charge in [0.25, 0.3) is 0 Å². The number of aliphatic hydroxyl groups is 2. The number of hydrogen-bond acceptors (Lipinski definition) is 9. The minimum absolute atomic E-state index is 0.0166.